The summed E-state index contributed by atoms with van der Waals surface area (Å²) in [6, 6.07) is 12.3. The van der Waals surface area contributed by atoms with Crippen molar-refractivity contribution >= 4 is 42.6 Å². The summed E-state index contributed by atoms with van der Waals surface area (Å²) >= 11 is 1.43. The van der Waals surface area contributed by atoms with Gasteiger partial charge < -0.3 is 0 Å². The van der Waals surface area contributed by atoms with Crippen LogP contribution in [0.5, 0.6) is 0 Å². The van der Waals surface area contributed by atoms with Crippen molar-refractivity contribution in [3.05, 3.63) is 53.6 Å². The molecule has 1 N–H and O–H groups in total. The standard InChI is InChI=1S/C23H27N3O3S2/c1-15(2)18-8-11-20-21(13-18)30-23(24-20)25-22(27)17-6-9-19(10-7-17)31(28,29)26-12-4-5-16(3)14-26/h6-11,13,15-16H,4-5,12,14H2,1-3H3,(H,24,25,27). The molecule has 0 aliphatic carbocycles. The van der Waals surface area contributed by atoms with Gasteiger partial charge in [-0.25, -0.2) is 13.4 Å². The van der Waals surface area contributed by atoms with Crippen molar-refractivity contribution in [1.82, 2.24) is 9.29 Å². The van der Waals surface area contributed by atoms with Crippen LogP contribution in [0.4, 0.5) is 5.13 Å². The summed E-state index contributed by atoms with van der Waals surface area (Å²) in [5.41, 5.74) is 2.48. The molecule has 0 radical (unpaired) electrons. The van der Waals surface area contributed by atoms with E-state index in [2.05, 4.69) is 43.2 Å². The summed E-state index contributed by atoms with van der Waals surface area (Å²) in [4.78, 5) is 17.4. The molecular formula is C23H27N3O3S2. The zero-order valence-corrected chi connectivity index (χ0v) is 19.6. The molecule has 2 heterocycles. The smallest absolute Gasteiger partial charge is 0.257 e. The molecule has 0 spiro atoms. The zero-order valence-electron chi connectivity index (χ0n) is 18.0. The van der Waals surface area contributed by atoms with E-state index in [-0.39, 0.29) is 10.8 Å². The Labute approximate surface area is 187 Å². The first kappa shape index (κ1) is 21.9. The highest BCUT2D eigenvalue weighted by atomic mass is 32.2. The first-order valence-corrected chi connectivity index (χ1v) is 12.8. The predicted molar refractivity (Wildman–Crippen MR) is 125 cm³/mol. The minimum Gasteiger partial charge on any atom is -0.298 e. The van der Waals surface area contributed by atoms with Crippen LogP contribution in [0, 0.1) is 5.92 Å². The van der Waals surface area contributed by atoms with Gasteiger partial charge in [-0.05, 0) is 66.6 Å². The molecule has 31 heavy (non-hydrogen) atoms. The van der Waals surface area contributed by atoms with Crippen LogP contribution in [0.2, 0.25) is 0 Å². The summed E-state index contributed by atoms with van der Waals surface area (Å²) in [5, 5.41) is 3.36. The van der Waals surface area contributed by atoms with Crippen LogP contribution < -0.4 is 5.32 Å². The van der Waals surface area contributed by atoms with Crippen LogP contribution >= 0.6 is 11.3 Å². The molecule has 1 atom stereocenters. The number of benzene rings is 2. The second-order valence-corrected chi connectivity index (χ2v) is 11.5. The summed E-state index contributed by atoms with van der Waals surface area (Å²) in [5.74, 6) is 0.477. The van der Waals surface area contributed by atoms with E-state index in [1.165, 1.54) is 29.0 Å². The number of amides is 1. The van der Waals surface area contributed by atoms with Gasteiger partial charge in [0.05, 0.1) is 15.1 Å². The average Bonchev–Trinajstić information content (AvgIpc) is 3.15. The second kappa shape index (κ2) is 8.68. The molecule has 1 aromatic heterocycles. The number of carbonyl (C=O) groups excluding carboxylic acids is 1. The Bertz CT molecular complexity index is 1200. The SMILES string of the molecule is CC1CCCN(S(=O)(=O)c2ccc(C(=O)Nc3nc4ccc(C(C)C)cc4s3)cc2)C1. The van der Waals surface area contributed by atoms with E-state index in [1.54, 1.807) is 16.4 Å². The Morgan fingerprint density at radius 3 is 2.61 bits per heavy atom. The minimum atomic E-state index is -3.53. The molecular weight excluding hydrogens is 430 g/mol. The van der Waals surface area contributed by atoms with Crippen molar-refractivity contribution < 1.29 is 13.2 Å². The Morgan fingerprint density at radius 1 is 1.19 bits per heavy atom. The average molecular weight is 458 g/mol. The number of fused-ring (bicyclic) bond motifs is 1. The predicted octanol–water partition coefficient (Wildman–Crippen LogP) is 5.09. The van der Waals surface area contributed by atoms with Crippen LogP contribution in [0.1, 0.15) is 55.5 Å². The maximum absolute atomic E-state index is 12.9. The van der Waals surface area contributed by atoms with E-state index in [0.717, 1.165) is 23.1 Å². The number of aromatic nitrogens is 1. The molecule has 0 saturated carbocycles. The third-order valence-corrected chi connectivity index (χ3v) is 8.49. The quantitative estimate of drug-likeness (QED) is 0.579. The number of sulfonamides is 1. The molecule has 8 heteroatoms. The van der Waals surface area contributed by atoms with Crippen molar-refractivity contribution in [2.45, 2.75) is 44.4 Å². The lowest BCUT2D eigenvalue weighted by molar-refractivity contribution is 0.102. The zero-order chi connectivity index (χ0) is 22.2. The number of rotatable bonds is 5. The lowest BCUT2D eigenvalue weighted by Crippen LogP contribution is -2.39. The lowest BCUT2D eigenvalue weighted by atomic mass is 10.0. The minimum absolute atomic E-state index is 0.222. The third kappa shape index (κ3) is 4.66. The first-order valence-electron chi connectivity index (χ1n) is 10.6. The number of piperidine rings is 1. The van der Waals surface area contributed by atoms with E-state index >= 15 is 0 Å². The van der Waals surface area contributed by atoms with Gasteiger partial charge in [-0.3, -0.25) is 10.1 Å². The van der Waals surface area contributed by atoms with Gasteiger partial charge in [0, 0.05) is 18.7 Å². The molecule has 164 valence electrons. The van der Waals surface area contributed by atoms with Gasteiger partial charge in [0.1, 0.15) is 0 Å². The molecule has 4 rings (SSSR count). The van der Waals surface area contributed by atoms with Gasteiger partial charge in [0.25, 0.3) is 5.91 Å². The Hall–Kier alpha value is -2.29. The van der Waals surface area contributed by atoms with E-state index in [4.69, 9.17) is 0 Å². The van der Waals surface area contributed by atoms with Crippen LogP contribution in [-0.4, -0.2) is 36.7 Å². The third-order valence-electron chi connectivity index (χ3n) is 5.67. The Morgan fingerprint density at radius 2 is 1.94 bits per heavy atom. The fourth-order valence-corrected chi connectivity index (χ4v) is 6.32. The van der Waals surface area contributed by atoms with Gasteiger partial charge in [-0.1, -0.05) is 38.2 Å². The number of thiazole rings is 1. The number of hydrogen-bond donors (Lipinski definition) is 1. The Balaban J connectivity index is 1.49. The topological polar surface area (TPSA) is 79.4 Å². The lowest BCUT2D eigenvalue weighted by Gasteiger charge is -2.30. The summed E-state index contributed by atoms with van der Waals surface area (Å²) < 4.78 is 28.4. The second-order valence-electron chi connectivity index (χ2n) is 8.49. The maximum atomic E-state index is 12.9. The first-order chi connectivity index (χ1) is 14.7. The van der Waals surface area contributed by atoms with Crippen molar-refractivity contribution in [1.29, 1.82) is 0 Å². The molecule has 2 aromatic carbocycles. The van der Waals surface area contributed by atoms with Gasteiger partial charge >= 0.3 is 0 Å². The molecule has 1 aliphatic rings. The molecule has 1 aliphatic heterocycles. The molecule has 1 amide bonds. The van der Waals surface area contributed by atoms with Gasteiger partial charge in [0.15, 0.2) is 5.13 Å². The van der Waals surface area contributed by atoms with Crippen LogP contribution in [-0.2, 0) is 10.0 Å². The largest absolute Gasteiger partial charge is 0.298 e. The highest BCUT2D eigenvalue weighted by Gasteiger charge is 2.28. The summed E-state index contributed by atoms with van der Waals surface area (Å²) in [7, 11) is -3.53. The fraction of sp³-hybridized carbons (Fsp3) is 0.391. The summed E-state index contributed by atoms with van der Waals surface area (Å²) in [6.07, 6.45) is 1.93. The number of carbonyl (C=O) groups is 1. The van der Waals surface area contributed by atoms with E-state index in [0.29, 0.717) is 35.6 Å². The van der Waals surface area contributed by atoms with Crippen LogP contribution in [0.3, 0.4) is 0 Å². The maximum Gasteiger partial charge on any atom is 0.257 e. The number of anilines is 1. The van der Waals surface area contributed by atoms with Crippen LogP contribution in [0.25, 0.3) is 10.2 Å². The van der Waals surface area contributed by atoms with E-state index in [1.807, 2.05) is 6.07 Å². The van der Waals surface area contributed by atoms with Crippen molar-refractivity contribution in [3.63, 3.8) is 0 Å². The monoisotopic (exact) mass is 457 g/mol. The number of nitrogens with zero attached hydrogens (tertiary/aromatic N) is 2. The Kier molecular flexibility index (Phi) is 6.14. The van der Waals surface area contributed by atoms with Crippen molar-refractivity contribution in [3.8, 4) is 0 Å². The van der Waals surface area contributed by atoms with E-state index in [9.17, 15) is 13.2 Å². The fourth-order valence-electron chi connectivity index (χ4n) is 3.82. The van der Waals surface area contributed by atoms with Crippen molar-refractivity contribution in [2.24, 2.45) is 5.92 Å². The summed E-state index contributed by atoms with van der Waals surface area (Å²) in [6.45, 7) is 7.44. The van der Waals surface area contributed by atoms with Gasteiger partial charge in [0.2, 0.25) is 10.0 Å². The highest BCUT2D eigenvalue weighted by molar-refractivity contribution is 7.89. The van der Waals surface area contributed by atoms with Gasteiger partial charge in [-0.2, -0.15) is 4.31 Å². The molecule has 0 bridgehead atoms. The van der Waals surface area contributed by atoms with E-state index < -0.39 is 10.0 Å². The molecule has 1 fully saturated rings. The molecule has 3 aromatic rings. The molecule has 1 saturated heterocycles. The highest BCUT2D eigenvalue weighted by Crippen LogP contribution is 2.29. The van der Waals surface area contributed by atoms with Gasteiger partial charge in [-0.15, -0.1) is 0 Å². The van der Waals surface area contributed by atoms with Crippen LogP contribution in [0.15, 0.2) is 47.4 Å². The normalized spacial score (nSPS) is 17.9. The number of hydrogen-bond acceptors (Lipinski definition) is 5. The molecule has 6 nitrogen and oxygen atoms in total. The molecule has 1 unspecified atom stereocenters. The van der Waals surface area contributed by atoms with Crippen molar-refractivity contribution in [2.75, 3.05) is 18.4 Å². The number of nitrogens with one attached hydrogen (secondary N) is 1.